The summed E-state index contributed by atoms with van der Waals surface area (Å²) in [7, 11) is 3.48. The second-order valence-electron chi connectivity index (χ2n) is 9.86. The first-order valence-corrected chi connectivity index (χ1v) is 14.0. The molecule has 0 unspecified atom stereocenters. The summed E-state index contributed by atoms with van der Waals surface area (Å²) in [6, 6.07) is 22.2. The summed E-state index contributed by atoms with van der Waals surface area (Å²) in [5, 5.41) is 10.6. The van der Waals surface area contributed by atoms with Gasteiger partial charge in [-0.3, -0.25) is 4.79 Å². The number of rotatable bonds is 11. The van der Waals surface area contributed by atoms with Gasteiger partial charge in [-0.25, -0.2) is 4.98 Å². The van der Waals surface area contributed by atoms with E-state index in [0.29, 0.717) is 18.1 Å². The van der Waals surface area contributed by atoms with Gasteiger partial charge in [0.25, 0.3) is 0 Å². The summed E-state index contributed by atoms with van der Waals surface area (Å²) in [4.78, 5) is 17.8. The van der Waals surface area contributed by atoms with Crippen LogP contribution in [0.25, 0.3) is 16.2 Å². The Bertz CT molecular complexity index is 1490. The highest BCUT2D eigenvalue weighted by atomic mass is 35.5. The molecule has 3 aromatic rings. The molecule has 0 aliphatic heterocycles. The predicted molar refractivity (Wildman–Crippen MR) is 163 cm³/mol. The Morgan fingerprint density at radius 3 is 2.58 bits per heavy atom. The molecule has 0 fully saturated rings. The lowest BCUT2D eigenvalue weighted by Gasteiger charge is -2.18. The van der Waals surface area contributed by atoms with Crippen LogP contribution in [0.5, 0.6) is 5.88 Å². The van der Waals surface area contributed by atoms with Crippen LogP contribution in [0.15, 0.2) is 84.6 Å². The molecule has 0 radical (unpaired) electrons. The van der Waals surface area contributed by atoms with Crippen molar-refractivity contribution in [2.45, 2.75) is 39.0 Å². The van der Waals surface area contributed by atoms with Crippen molar-refractivity contribution in [2.24, 2.45) is 0 Å². The van der Waals surface area contributed by atoms with Crippen molar-refractivity contribution in [3.05, 3.63) is 112 Å². The second kappa shape index (κ2) is 13.8. The summed E-state index contributed by atoms with van der Waals surface area (Å²) in [6.45, 7) is 2.66. The number of allylic oxidation sites excluding steroid dienone is 4. The third-order valence-electron chi connectivity index (χ3n) is 6.96. The Morgan fingerprint density at radius 1 is 1.10 bits per heavy atom. The highest BCUT2D eigenvalue weighted by Gasteiger charge is 2.26. The fourth-order valence-corrected chi connectivity index (χ4v) is 5.23. The van der Waals surface area contributed by atoms with E-state index in [1.165, 1.54) is 5.56 Å². The molecule has 0 saturated carbocycles. The van der Waals surface area contributed by atoms with Crippen molar-refractivity contribution in [2.75, 3.05) is 20.7 Å². The lowest BCUT2D eigenvalue weighted by atomic mass is 9.86. The molecule has 1 heterocycles. The van der Waals surface area contributed by atoms with Crippen molar-refractivity contribution in [3.63, 3.8) is 0 Å². The zero-order valence-electron chi connectivity index (χ0n) is 23.3. The number of carbonyl (C=O) groups excluding carboxylic acids is 1. The SMILES string of the molecule is CC/C(=C(\C1=C(Cl)c2ccccc2C1)c1ccc(OCCCC/C=C/C(=O)N(C)C)nc1)c1ccccc1C#N. The molecule has 0 atom stereocenters. The van der Waals surface area contributed by atoms with Gasteiger partial charge in [0.15, 0.2) is 0 Å². The highest BCUT2D eigenvalue weighted by molar-refractivity contribution is 6.51. The van der Waals surface area contributed by atoms with Gasteiger partial charge in [0, 0.05) is 38.3 Å². The Balaban J connectivity index is 1.58. The van der Waals surface area contributed by atoms with Gasteiger partial charge in [-0.05, 0) is 77.3 Å². The van der Waals surface area contributed by atoms with E-state index in [1.54, 1.807) is 25.1 Å². The number of unbranched alkanes of at least 4 members (excludes halogenated alkanes) is 2. The summed E-state index contributed by atoms with van der Waals surface area (Å²) in [5.41, 5.74) is 7.86. The van der Waals surface area contributed by atoms with Crippen LogP contribution in [-0.2, 0) is 11.2 Å². The number of likely N-dealkylation sites (N-methyl/N-ethyl adjacent to an activating group) is 1. The fraction of sp³-hybridized carbons (Fsp3) is 0.265. The summed E-state index contributed by atoms with van der Waals surface area (Å²) >= 11 is 7.01. The molecule has 1 amide bonds. The molecule has 1 aliphatic carbocycles. The van der Waals surface area contributed by atoms with Gasteiger partial charge in [-0.1, -0.05) is 67.1 Å². The first-order valence-electron chi connectivity index (χ1n) is 13.6. The van der Waals surface area contributed by atoms with Gasteiger partial charge in [0.1, 0.15) is 0 Å². The number of hydrogen-bond donors (Lipinski definition) is 0. The maximum Gasteiger partial charge on any atom is 0.245 e. The molecule has 204 valence electrons. The minimum Gasteiger partial charge on any atom is -0.478 e. The van der Waals surface area contributed by atoms with Crippen LogP contribution >= 0.6 is 11.6 Å². The Labute approximate surface area is 242 Å². The number of aromatic nitrogens is 1. The van der Waals surface area contributed by atoms with Crippen molar-refractivity contribution in [1.29, 1.82) is 5.26 Å². The van der Waals surface area contributed by atoms with Crippen molar-refractivity contribution >= 4 is 33.7 Å². The van der Waals surface area contributed by atoms with E-state index in [2.05, 4.69) is 30.1 Å². The van der Waals surface area contributed by atoms with E-state index < -0.39 is 0 Å². The standard InChI is InChI=1S/C34H34ClN3O2/c1-4-27(28-15-10-9-14-25(28)22-36)33(30-21-24-13-8-11-16-29(24)34(30)35)26-18-19-31(37-23-26)40-20-12-6-5-7-17-32(39)38(2)3/h7-11,13-19,23H,4-6,12,20-21H2,1-3H3/b17-7+,33-27+. The minimum atomic E-state index is -0.00478. The van der Waals surface area contributed by atoms with E-state index in [1.807, 2.05) is 60.8 Å². The second-order valence-corrected chi connectivity index (χ2v) is 10.2. The largest absolute Gasteiger partial charge is 0.478 e. The first kappa shape index (κ1) is 28.9. The number of nitrogens with zero attached hydrogens (tertiary/aromatic N) is 3. The highest BCUT2D eigenvalue weighted by Crippen LogP contribution is 2.45. The van der Waals surface area contributed by atoms with Gasteiger partial charge in [-0.2, -0.15) is 5.26 Å². The smallest absolute Gasteiger partial charge is 0.245 e. The number of ether oxygens (including phenoxy) is 1. The molecular formula is C34H34ClN3O2. The van der Waals surface area contributed by atoms with Crippen LogP contribution in [-0.4, -0.2) is 36.5 Å². The molecule has 0 N–H and O–H groups in total. The average Bonchev–Trinajstić information content (AvgIpc) is 3.31. The summed E-state index contributed by atoms with van der Waals surface area (Å²) < 4.78 is 5.90. The lowest BCUT2D eigenvalue weighted by molar-refractivity contribution is -0.123. The van der Waals surface area contributed by atoms with E-state index in [9.17, 15) is 10.1 Å². The van der Waals surface area contributed by atoms with Gasteiger partial charge < -0.3 is 9.64 Å². The number of carbonyl (C=O) groups is 1. The van der Waals surface area contributed by atoms with Crippen molar-refractivity contribution in [1.82, 2.24) is 9.88 Å². The summed E-state index contributed by atoms with van der Waals surface area (Å²) in [6.07, 6.45) is 9.40. The number of amides is 1. The monoisotopic (exact) mass is 551 g/mol. The van der Waals surface area contributed by atoms with E-state index >= 15 is 0 Å². The Hall–Kier alpha value is -4.14. The van der Waals surface area contributed by atoms with Crippen LogP contribution in [0.3, 0.4) is 0 Å². The number of pyridine rings is 1. The maximum atomic E-state index is 11.6. The maximum absolute atomic E-state index is 11.6. The normalized spacial score (nSPS) is 13.2. The van der Waals surface area contributed by atoms with E-state index in [4.69, 9.17) is 16.3 Å². The third kappa shape index (κ3) is 6.70. The summed E-state index contributed by atoms with van der Waals surface area (Å²) in [5.74, 6) is 0.557. The molecule has 1 aliphatic rings. The van der Waals surface area contributed by atoms with Crippen molar-refractivity contribution in [3.8, 4) is 11.9 Å². The van der Waals surface area contributed by atoms with Gasteiger partial charge in [0.2, 0.25) is 11.8 Å². The van der Waals surface area contributed by atoms with E-state index in [0.717, 1.165) is 70.5 Å². The zero-order chi connectivity index (χ0) is 28.5. The van der Waals surface area contributed by atoms with Gasteiger partial charge in [-0.15, -0.1) is 0 Å². The molecule has 6 heteroatoms. The molecule has 0 bridgehead atoms. The molecule has 0 spiro atoms. The molecular weight excluding hydrogens is 518 g/mol. The average molecular weight is 552 g/mol. The number of nitriles is 1. The number of benzene rings is 2. The van der Waals surface area contributed by atoms with Crippen molar-refractivity contribution < 1.29 is 9.53 Å². The molecule has 40 heavy (non-hydrogen) atoms. The molecule has 5 nitrogen and oxygen atoms in total. The quantitative estimate of drug-likeness (QED) is 0.181. The van der Waals surface area contributed by atoms with E-state index in [-0.39, 0.29) is 5.91 Å². The Morgan fingerprint density at radius 2 is 1.88 bits per heavy atom. The van der Waals surface area contributed by atoms with Crippen LogP contribution in [0.4, 0.5) is 0 Å². The fourth-order valence-electron chi connectivity index (χ4n) is 4.88. The molecule has 2 aromatic carbocycles. The van der Waals surface area contributed by atoms with Crippen LogP contribution in [0, 0.1) is 11.3 Å². The number of halogens is 1. The molecule has 1 aromatic heterocycles. The number of fused-ring (bicyclic) bond motifs is 1. The third-order valence-corrected chi connectivity index (χ3v) is 7.39. The Kier molecular flexibility index (Phi) is 9.94. The lowest BCUT2D eigenvalue weighted by Crippen LogP contribution is -2.18. The topological polar surface area (TPSA) is 66.2 Å². The zero-order valence-corrected chi connectivity index (χ0v) is 24.0. The predicted octanol–water partition coefficient (Wildman–Crippen LogP) is 7.67. The molecule has 0 saturated heterocycles. The van der Waals surface area contributed by atoms with Crippen LogP contribution < -0.4 is 4.74 Å². The minimum absolute atomic E-state index is 0.00478. The first-order chi connectivity index (χ1) is 19.4. The number of hydrogen-bond acceptors (Lipinski definition) is 4. The van der Waals surface area contributed by atoms with Crippen LogP contribution in [0.1, 0.15) is 60.4 Å². The van der Waals surface area contributed by atoms with Gasteiger partial charge in [0.05, 0.1) is 23.3 Å². The van der Waals surface area contributed by atoms with Crippen LogP contribution in [0.2, 0.25) is 0 Å². The van der Waals surface area contributed by atoms with Gasteiger partial charge >= 0.3 is 0 Å². The molecule has 4 rings (SSSR count).